The Morgan fingerprint density at radius 2 is 1.91 bits per heavy atom. The topological polar surface area (TPSA) is 12.9 Å². The van der Waals surface area contributed by atoms with Gasteiger partial charge in [-0.15, -0.1) is 0 Å². The highest BCUT2D eigenvalue weighted by Crippen LogP contribution is 2.28. The fourth-order valence-corrected chi connectivity index (χ4v) is 5.06. The fraction of sp³-hybridized carbons (Fsp3) is 0.476. The van der Waals surface area contributed by atoms with Crippen LogP contribution in [-0.2, 0) is 6.42 Å². The van der Waals surface area contributed by atoms with Crippen molar-refractivity contribution in [1.82, 2.24) is 4.98 Å². The molecule has 0 bridgehead atoms. The lowest BCUT2D eigenvalue weighted by Crippen LogP contribution is -2.41. The SMILES string of the molecule is [2H]C1([2H])CCCCC1Cc1cc(-c2ccccc2)ncc1[Si](C)(C)C. The smallest absolute Gasteiger partial charge is 0.0799 e. The predicted molar refractivity (Wildman–Crippen MR) is 103 cm³/mol. The van der Waals surface area contributed by atoms with Gasteiger partial charge in [-0.05, 0) is 29.2 Å². The number of pyridine rings is 1. The Bertz CT molecular complexity index is 722. The fourth-order valence-electron chi connectivity index (χ4n) is 3.47. The quantitative estimate of drug-likeness (QED) is 0.684. The number of hydrogen-bond donors (Lipinski definition) is 0. The molecule has 0 aliphatic heterocycles. The maximum atomic E-state index is 8.44. The Morgan fingerprint density at radius 1 is 1.13 bits per heavy atom. The summed E-state index contributed by atoms with van der Waals surface area (Å²) >= 11 is 0. The normalized spacial score (nSPS) is 22.3. The largest absolute Gasteiger partial charge is 0.256 e. The molecule has 0 amide bonds. The summed E-state index contributed by atoms with van der Waals surface area (Å²) in [6.07, 6.45) is 5.76. The van der Waals surface area contributed by atoms with Gasteiger partial charge in [0.05, 0.1) is 13.8 Å². The molecule has 1 unspecified atom stereocenters. The number of hydrogen-bond acceptors (Lipinski definition) is 1. The molecule has 1 saturated carbocycles. The van der Waals surface area contributed by atoms with Gasteiger partial charge >= 0.3 is 0 Å². The molecule has 23 heavy (non-hydrogen) atoms. The molecule has 2 aromatic rings. The van der Waals surface area contributed by atoms with Crippen molar-refractivity contribution in [2.75, 3.05) is 0 Å². The zero-order chi connectivity index (χ0) is 18.1. The number of benzene rings is 1. The molecule has 122 valence electrons. The molecule has 1 heterocycles. The first kappa shape index (κ1) is 14.0. The number of nitrogens with zero attached hydrogens (tertiary/aromatic N) is 1. The van der Waals surface area contributed by atoms with Crippen LogP contribution in [-0.4, -0.2) is 13.1 Å². The van der Waals surface area contributed by atoms with Gasteiger partial charge in [0, 0.05) is 14.5 Å². The highest BCUT2D eigenvalue weighted by atomic mass is 28.3. The second-order valence-electron chi connectivity index (χ2n) is 7.69. The van der Waals surface area contributed by atoms with Crippen LogP contribution in [0.2, 0.25) is 19.6 Å². The first-order valence-electron chi connectivity index (χ1n) is 9.82. The third kappa shape index (κ3) is 4.11. The molecule has 0 radical (unpaired) electrons. The maximum absolute atomic E-state index is 8.44. The van der Waals surface area contributed by atoms with E-state index in [9.17, 15) is 0 Å². The van der Waals surface area contributed by atoms with Crippen molar-refractivity contribution >= 4 is 13.3 Å². The Balaban J connectivity index is 1.99. The van der Waals surface area contributed by atoms with Crippen LogP contribution in [0.4, 0.5) is 0 Å². The second-order valence-corrected chi connectivity index (χ2v) is 12.7. The van der Waals surface area contributed by atoms with Crippen molar-refractivity contribution in [3.8, 4) is 11.3 Å². The molecule has 2 heteroatoms. The van der Waals surface area contributed by atoms with E-state index in [1.807, 2.05) is 18.2 Å². The van der Waals surface area contributed by atoms with Crippen LogP contribution in [0.5, 0.6) is 0 Å². The molecule has 1 aliphatic rings. The van der Waals surface area contributed by atoms with Gasteiger partial charge in [0.1, 0.15) is 0 Å². The first-order chi connectivity index (χ1) is 11.8. The second kappa shape index (κ2) is 7.00. The molecule has 1 atom stereocenters. The maximum Gasteiger partial charge on any atom is 0.0799 e. The summed E-state index contributed by atoms with van der Waals surface area (Å²) < 4.78 is 16.9. The summed E-state index contributed by atoms with van der Waals surface area (Å²) in [4.78, 5) is 4.75. The molecule has 1 fully saturated rings. The summed E-state index contributed by atoms with van der Waals surface area (Å²) in [5.74, 6) is 0.127. The summed E-state index contributed by atoms with van der Waals surface area (Å²) in [6.45, 7) is 7.06. The van der Waals surface area contributed by atoms with E-state index in [0.717, 1.165) is 36.9 Å². The van der Waals surface area contributed by atoms with Crippen molar-refractivity contribution in [2.45, 2.75) is 58.1 Å². The summed E-state index contributed by atoms with van der Waals surface area (Å²) in [7, 11) is -1.52. The Labute approximate surface area is 145 Å². The molecule has 0 spiro atoms. The molecule has 3 rings (SSSR count). The van der Waals surface area contributed by atoms with Crippen LogP contribution in [0, 0.1) is 5.92 Å². The number of aromatic nitrogens is 1. The van der Waals surface area contributed by atoms with Crippen LogP contribution in [0.3, 0.4) is 0 Å². The van der Waals surface area contributed by atoms with Crippen molar-refractivity contribution in [1.29, 1.82) is 0 Å². The third-order valence-electron chi connectivity index (χ3n) is 4.75. The van der Waals surface area contributed by atoms with Gasteiger partial charge in [-0.25, -0.2) is 0 Å². The zero-order valence-electron chi connectivity index (χ0n) is 16.6. The molecule has 1 aromatic heterocycles. The molecule has 1 aliphatic carbocycles. The van der Waals surface area contributed by atoms with E-state index in [4.69, 9.17) is 7.73 Å². The molecule has 1 nitrogen and oxygen atoms in total. The van der Waals surface area contributed by atoms with Crippen molar-refractivity contribution < 1.29 is 2.74 Å². The van der Waals surface area contributed by atoms with E-state index >= 15 is 0 Å². The van der Waals surface area contributed by atoms with E-state index in [0.29, 0.717) is 6.42 Å². The van der Waals surface area contributed by atoms with Crippen LogP contribution in [0.1, 0.15) is 40.4 Å². The lowest BCUT2D eigenvalue weighted by molar-refractivity contribution is 0.357. The van der Waals surface area contributed by atoms with E-state index in [-0.39, 0.29) is 5.92 Å². The van der Waals surface area contributed by atoms with Crippen molar-refractivity contribution in [3.05, 3.63) is 48.2 Å². The predicted octanol–water partition coefficient (Wildman–Crippen LogP) is 5.42. The summed E-state index contributed by atoms with van der Waals surface area (Å²) in [5, 5.41) is 1.38. The van der Waals surface area contributed by atoms with Gasteiger partial charge in [0.25, 0.3) is 0 Å². The highest BCUT2D eigenvalue weighted by Gasteiger charge is 2.23. The van der Waals surface area contributed by atoms with Crippen molar-refractivity contribution in [2.24, 2.45) is 5.92 Å². The summed E-state index contributed by atoms with van der Waals surface area (Å²) in [6, 6.07) is 12.5. The van der Waals surface area contributed by atoms with Gasteiger partial charge in [-0.2, -0.15) is 0 Å². The lowest BCUT2D eigenvalue weighted by atomic mass is 9.85. The third-order valence-corrected chi connectivity index (χ3v) is 6.81. The minimum atomic E-state index is -1.52. The number of rotatable bonds is 4. The van der Waals surface area contributed by atoms with Gasteiger partial charge in [0.15, 0.2) is 0 Å². The average Bonchev–Trinajstić information content (AvgIpc) is 2.56. The van der Waals surface area contributed by atoms with E-state index < -0.39 is 14.4 Å². The van der Waals surface area contributed by atoms with Crippen LogP contribution < -0.4 is 5.19 Å². The van der Waals surface area contributed by atoms with E-state index in [1.54, 1.807) is 0 Å². The monoisotopic (exact) mass is 325 g/mol. The standard InChI is InChI=1S/C21H29NSi/c1-23(2,3)21-16-22-20(18-12-8-5-9-13-18)15-19(21)14-17-10-6-4-7-11-17/h5,8-9,12-13,15-17H,4,6-7,10-11,14H2,1-3H3/i10D2. The molecule has 0 N–H and O–H groups in total. The highest BCUT2D eigenvalue weighted by molar-refractivity contribution is 6.89. The van der Waals surface area contributed by atoms with Crippen LogP contribution in [0.25, 0.3) is 11.3 Å². The lowest BCUT2D eigenvalue weighted by Gasteiger charge is -2.26. The Hall–Kier alpha value is -1.41. The average molecular weight is 326 g/mol. The Morgan fingerprint density at radius 3 is 2.61 bits per heavy atom. The van der Waals surface area contributed by atoms with E-state index in [2.05, 4.69) is 44.0 Å². The van der Waals surface area contributed by atoms with Crippen LogP contribution in [0.15, 0.2) is 42.6 Å². The minimum absolute atomic E-state index is 0.127. The van der Waals surface area contributed by atoms with Gasteiger partial charge < -0.3 is 0 Å². The van der Waals surface area contributed by atoms with E-state index in [1.165, 1.54) is 10.8 Å². The van der Waals surface area contributed by atoms with Crippen LogP contribution >= 0.6 is 0 Å². The molecule has 0 saturated heterocycles. The molecular formula is C21H29NSi. The molecule has 1 aromatic carbocycles. The first-order valence-corrected chi connectivity index (χ1v) is 12.3. The molecular weight excluding hydrogens is 294 g/mol. The minimum Gasteiger partial charge on any atom is -0.256 e. The zero-order valence-corrected chi connectivity index (χ0v) is 15.6. The summed E-state index contributed by atoms with van der Waals surface area (Å²) in [5.41, 5.74) is 3.47. The van der Waals surface area contributed by atoms with Gasteiger partial charge in [-0.1, -0.05) is 82.0 Å². The van der Waals surface area contributed by atoms with Gasteiger partial charge in [0.2, 0.25) is 0 Å². The van der Waals surface area contributed by atoms with Gasteiger partial charge in [-0.3, -0.25) is 4.98 Å². The Kier molecular flexibility index (Phi) is 4.25. The van der Waals surface area contributed by atoms with Crippen molar-refractivity contribution in [3.63, 3.8) is 0 Å².